The van der Waals surface area contributed by atoms with Crippen molar-refractivity contribution in [3.8, 4) is 0 Å². The van der Waals surface area contributed by atoms with Crippen molar-refractivity contribution in [1.82, 2.24) is 0 Å². The van der Waals surface area contributed by atoms with Crippen LogP contribution in [0, 0.1) is 5.41 Å². The summed E-state index contributed by atoms with van der Waals surface area (Å²) in [5.74, 6) is -2.87. The number of carbonyl (C=O) groups is 3. The van der Waals surface area contributed by atoms with Crippen LogP contribution in [0.2, 0.25) is 0 Å². The molecule has 23 heavy (non-hydrogen) atoms. The Balaban J connectivity index is 2.88. The molecule has 0 spiro atoms. The summed E-state index contributed by atoms with van der Waals surface area (Å²) in [5.41, 5.74) is 9.81. The average Bonchev–Trinajstić information content (AvgIpc) is 2.80. The SMILES string of the molecule is COC(=O)[C@@](N)(CSC1CCCC1(C)C)C(=O)[C@@H](N)CC(=O)O. The van der Waals surface area contributed by atoms with Gasteiger partial charge in [0.25, 0.3) is 0 Å². The summed E-state index contributed by atoms with van der Waals surface area (Å²) in [6.07, 6.45) is 2.58. The fourth-order valence-corrected chi connectivity index (χ4v) is 4.49. The highest BCUT2D eigenvalue weighted by Crippen LogP contribution is 2.45. The van der Waals surface area contributed by atoms with Gasteiger partial charge in [0.2, 0.25) is 0 Å². The number of ether oxygens (including phenoxy) is 1. The largest absolute Gasteiger partial charge is 0.481 e. The van der Waals surface area contributed by atoms with Gasteiger partial charge >= 0.3 is 11.9 Å². The molecule has 0 amide bonds. The van der Waals surface area contributed by atoms with E-state index in [1.165, 1.54) is 11.8 Å². The van der Waals surface area contributed by atoms with E-state index in [1.54, 1.807) is 0 Å². The number of thioether (sulfide) groups is 1. The minimum atomic E-state index is -1.92. The molecular formula is C15H26N2O5S. The molecule has 0 heterocycles. The molecule has 0 bridgehead atoms. The minimum absolute atomic E-state index is 0.0277. The van der Waals surface area contributed by atoms with Gasteiger partial charge in [-0.2, -0.15) is 11.8 Å². The van der Waals surface area contributed by atoms with Crippen molar-refractivity contribution in [3.63, 3.8) is 0 Å². The number of aliphatic carboxylic acids is 1. The number of carboxylic acids is 1. The zero-order chi connectivity index (χ0) is 17.8. The van der Waals surface area contributed by atoms with Crippen molar-refractivity contribution in [1.29, 1.82) is 0 Å². The van der Waals surface area contributed by atoms with E-state index < -0.39 is 35.7 Å². The first-order chi connectivity index (χ1) is 10.5. The second-order valence-electron chi connectivity index (χ2n) is 6.71. The molecule has 1 saturated carbocycles. The van der Waals surface area contributed by atoms with Gasteiger partial charge in [0, 0.05) is 11.0 Å². The van der Waals surface area contributed by atoms with Gasteiger partial charge in [-0.05, 0) is 18.3 Å². The molecule has 0 aromatic heterocycles. The van der Waals surface area contributed by atoms with Gasteiger partial charge in [0.15, 0.2) is 11.3 Å². The molecule has 0 radical (unpaired) electrons. The van der Waals surface area contributed by atoms with Crippen molar-refractivity contribution >= 4 is 29.5 Å². The van der Waals surface area contributed by atoms with E-state index in [4.69, 9.17) is 16.6 Å². The van der Waals surface area contributed by atoms with E-state index >= 15 is 0 Å². The molecular weight excluding hydrogens is 320 g/mol. The highest BCUT2D eigenvalue weighted by molar-refractivity contribution is 8.00. The molecule has 1 aliphatic carbocycles. The van der Waals surface area contributed by atoms with E-state index in [9.17, 15) is 14.4 Å². The fourth-order valence-electron chi connectivity index (χ4n) is 2.86. The topological polar surface area (TPSA) is 133 Å². The molecule has 1 rings (SSSR count). The standard InChI is InChI=1S/C15H26N2O5S/c1-14(2)6-4-5-10(14)23-8-15(17,13(21)22-3)12(20)9(16)7-11(18)19/h9-10H,4-8,16-17H2,1-3H3,(H,18,19)/t9-,10?,15+/m0/s1. The zero-order valence-corrected chi connectivity index (χ0v) is 14.6. The van der Waals surface area contributed by atoms with Gasteiger partial charge in [-0.25, -0.2) is 4.79 Å². The Morgan fingerprint density at radius 1 is 1.43 bits per heavy atom. The summed E-state index contributed by atoms with van der Waals surface area (Å²) < 4.78 is 4.66. The summed E-state index contributed by atoms with van der Waals surface area (Å²) >= 11 is 1.46. The number of hydrogen-bond acceptors (Lipinski definition) is 7. The maximum atomic E-state index is 12.4. The van der Waals surface area contributed by atoms with E-state index in [0.717, 1.165) is 26.4 Å². The van der Waals surface area contributed by atoms with Gasteiger partial charge in [0.05, 0.1) is 19.6 Å². The predicted molar refractivity (Wildman–Crippen MR) is 88.0 cm³/mol. The van der Waals surface area contributed by atoms with Crippen LogP contribution in [0.25, 0.3) is 0 Å². The highest BCUT2D eigenvalue weighted by atomic mass is 32.2. The maximum Gasteiger partial charge on any atom is 0.334 e. The summed E-state index contributed by atoms with van der Waals surface area (Å²) in [7, 11) is 1.14. The second kappa shape index (κ2) is 7.63. The summed E-state index contributed by atoms with van der Waals surface area (Å²) in [4.78, 5) is 35.2. The van der Waals surface area contributed by atoms with Crippen LogP contribution in [0.1, 0.15) is 39.5 Å². The lowest BCUT2D eigenvalue weighted by molar-refractivity contribution is -0.151. The van der Waals surface area contributed by atoms with Gasteiger partial charge in [-0.15, -0.1) is 0 Å². The normalized spacial score (nSPS) is 23.8. The molecule has 0 aliphatic heterocycles. The number of nitrogens with two attached hydrogens (primary N) is 2. The molecule has 0 aromatic carbocycles. The number of Topliss-reactive ketones (excluding diaryl/α,β-unsaturated/α-hetero) is 1. The first-order valence-corrected chi connectivity index (χ1v) is 8.60. The van der Waals surface area contributed by atoms with Crippen molar-refractivity contribution in [2.45, 2.75) is 56.4 Å². The number of carboxylic acid groups (broad SMARTS) is 1. The van der Waals surface area contributed by atoms with E-state index in [0.29, 0.717) is 0 Å². The molecule has 1 aliphatic rings. The lowest BCUT2D eigenvalue weighted by Gasteiger charge is -2.31. The Labute approximate surface area is 140 Å². The smallest absolute Gasteiger partial charge is 0.334 e. The Morgan fingerprint density at radius 3 is 2.48 bits per heavy atom. The Hall–Kier alpha value is -1.12. The van der Waals surface area contributed by atoms with Gasteiger partial charge < -0.3 is 21.3 Å². The van der Waals surface area contributed by atoms with Crippen LogP contribution in [-0.4, -0.2) is 52.5 Å². The van der Waals surface area contributed by atoms with Crippen LogP contribution in [0.4, 0.5) is 0 Å². The Kier molecular flexibility index (Phi) is 6.61. The Bertz CT molecular complexity index is 482. The molecule has 0 saturated heterocycles. The molecule has 132 valence electrons. The second-order valence-corrected chi connectivity index (χ2v) is 7.90. The summed E-state index contributed by atoms with van der Waals surface area (Å²) in [6, 6.07) is -1.34. The maximum absolute atomic E-state index is 12.4. The van der Waals surface area contributed by atoms with Crippen molar-refractivity contribution in [3.05, 3.63) is 0 Å². The van der Waals surface area contributed by atoms with Crippen molar-refractivity contribution < 1.29 is 24.2 Å². The quantitative estimate of drug-likeness (QED) is 0.428. The van der Waals surface area contributed by atoms with E-state index in [2.05, 4.69) is 18.6 Å². The number of hydrogen-bond donors (Lipinski definition) is 3. The third kappa shape index (κ3) is 4.68. The predicted octanol–water partition coefficient (Wildman–Crippen LogP) is 0.540. The molecule has 5 N–H and O–H groups in total. The average molecular weight is 346 g/mol. The first kappa shape index (κ1) is 19.9. The van der Waals surface area contributed by atoms with Crippen LogP contribution in [-0.2, 0) is 19.1 Å². The zero-order valence-electron chi connectivity index (χ0n) is 13.8. The number of ketones is 1. The number of carbonyl (C=O) groups excluding carboxylic acids is 2. The minimum Gasteiger partial charge on any atom is -0.481 e. The number of esters is 1. The molecule has 1 fully saturated rings. The highest BCUT2D eigenvalue weighted by Gasteiger charge is 2.47. The monoisotopic (exact) mass is 346 g/mol. The number of rotatable bonds is 8. The lowest BCUT2D eigenvalue weighted by atomic mass is 9.91. The fraction of sp³-hybridized carbons (Fsp3) is 0.800. The van der Waals surface area contributed by atoms with Crippen LogP contribution in [0.15, 0.2) is 0 Å². The summed E-state index contributed by atoms with van der Waals surface area (Å²) in [5, 5.41) is 9.05. The molecule has 8 heteroatoms. The summed E-state index contributed by atoms with van der Waals surface area (Å²) in [6.45, 7) is 4.29. The van der Waals surface area contributed by atoms with Crippen LogP contribution < -0.4 is 11.5 Å². The number of methoxy groups -OCH3 is 1. The third-order valence-corrected chi connectivity index (χ3v) is 6.29. The van der Waals surface area contributed by atoms with Gasteiger partial charge in [0.1, 0.15) is 0 Å². The molecule has 1 unspecified atom stereocenters. The lowest BCUT2D eigenvalue weighted by Crippen LogP contribution is -2.63. The van der Waals surface area contributed by atoms with Crippen LogP contribution in [0.3, 0.4) is 0 Å². The van der Waals surface area contributed by atoms with Gasteiger partial charge in [-0.1, -0.05) is 20.3 Å². The molecule has 7 nitrogen and oxygen atoms in total. The van der Waals surface area contributed by atoms with E-state index in [1.807, 2.05) is 0 Å². The Morgan fingerprint density at radius 2 is 2.04 bits per heavy atom. The van der Waals surface area contributed by atoms with E-state index in [-0.39, 0.29) is 16.4 Å². The molecule has 0 aromatic rings. The van der Waals surface area contributed by atoms with Crippen LogP contribution >= 0.6 is 11.8 Å². The first-order valence-electron chi connectivity index (χ1n) is 7.55. The third-order valence-electron chi connectivity index (χ3n) is 4.39. The van der Waals surface area contributed by atoms with Crippen LogP contribution in [0.5, 0.6) is 0 Å². The van der Waals surface area contributed by atoms with Crippen molar-refractivity contribution in [2.24, 2.45) is 16.9 Å². The van der Waals surface area contributed by atoms with Crippen molar-refractivity contribution in [2.75, 3.05) is 12.9 Å². The van der Waals surface area contributed by atoms with Gasteiger partial charge in [-0.3, -0.25) is 9.59 Å². The molecule has 3 atom stereocenters.